The van der Waals surface area contributed by atoms with Crippen LogP contribution in [0, 0.1) is 0 Å². The van der Waals surface area contributed by atoms with Crippen molar-refractivity contribution >= 4 is 11.3 Å². The fourth-order valence-electron chi connectivity index (χ4n) is 2.63. The summed E-state index contributed by atoms with van der Waals surface area (Å²) in [6.45, 7) is 5.55. The Morgan fingerprint density at radius 3 is 2.76 bits per heavy atom. The zero-order valence-electron chi connectivity index (χ0n) is 12.1. The largest absolute Gasteiger partial charge is 0.379 e. The van der Waals surface area contributed by atoms with Crippen molar-refractivity contribution in [2.75, 3.05) is 32.8 Å². The molecule has 1 N–H and O–H groups in total. The van der Waals surface area contributed by atoms with Crippen molar-refractivity contribution in [2.24, 2.45) is 0 Å². The van der Waals surface area contributed by atoms with Gasteiger partial charge >= 0.3 is 0 Å². The molecule has 0 aromatic carbocycles. The minimum Gasteiger partial charge on any atom is -0.379 e. The lowest BCUT2D eigenvalue weighted by atomic mass is 10.1. The van der Waals surface area contributed by atoms with Gasteiger partial charge in [0, 0.05) is 43.4 Å². The lowest BCUT2D eigenvalue weighted by molar-refractivity contribution is 0.0168. The lowest BCUT2D eigenvalue weighted by Gasteiger charge is -2.34. The summed E-state index contributed by atoms with van der Waals surface area (Å²) in [6, 6.07) is 8.93. The Morgan fingerprint density at radius 1 is 1.24 bits per heavy atom. The minimum absolute atomic E-state index is 0.440. The molecular formula is C16H21N3OS. The van der Waals surface area contributed by atoms with E-state index in [-0.39, 0.29) is 0 Å². The highest BCUT2D eigenvalue weighted by Gasteiger charge is 2.22. The maximum absolute atomic E-state index is 5.48. The Labute approximate surface area is 129 Å². The Morgan fingerprint density at radius 2 is 2.05 bits per heavy atom. The molecule has 0 amide bonds. The summed E-state index contributed by atoms with van der Waals surface area (Å²) < 4.78 is 5.48. The predicted molar refractivity (Wildman–Crippen MR) is 85.4 cm³/mol. The molecule has 1 aliphatic heterocycles. The second kappa shape index (κ2) is 7.66. The van der Waals surface area contributed by atoms with Crippen LogP contribution in [0.2, 0.25) is 0 Å². The summed E-state index contributed by atoms with van der Waals surface area (Å²) in [5.41, 5.74) is 1.27. The molecule has 0 spiro atoms. The molecule has 3 rings (SSSR count). The SMILES string of the molecule is c1csc([C@@H](CNCc2ccncc2)N2CCOCC2)c1. The van der Waals surface area contributed by atoms with Crippen LogP contribution in [-0.2, 0) is 11.3 Å². The zero-order chi connectivity index (χ0) is 14.3. The highest BCUT2D eigenvalue weighted by molar-refractivity contribution is 7.10. The summed E-state index contributed by atoms with van der Waals surface area (Å²) in [7, 11) is 0. The molecule has 112 valence electrons. The highest BCUT2D eigenvalue weighted by Crippen LogP contribution is 2.25. The average molecular weight is 303 g/mol. The quantitative estimate of drug-likeness (QED) is 0.888. The molecule has 3 heterocycles. The van der Waals surface area contributed by atoms with E-state index >= 15 is 0 Å². The van der Waals surface area contributed by atoms with Crippen molar-refractivity contribution in [1.82, 2.24) is 15.2 Å². The number of pyridine rings is 1. The van der Waals surface area contributed by atoms with Gasteiger partial charge in [0.05, 0.1) is 19.3 Å². The molecule has 1 atom stereocenters. The van der Waals surface area contributed by atoms with Crippen molar-refractivity contribution in [3.05, 3.63) is 52.5 Å². The highest BCUT2D eigenvalue weighted by atomic mass is 32.1. The summed E-state index contributed by atoms with van der Waals surface area (Å²) >= 11 is 1.84. The van der Waals surface area contributed by atoms with Gasteiger partial charge in [0.1, 0.15) is 0 Å². The first-order valence-electron chi connectivity index (χ1n) is 7.38. The molecule has 1 aliphatic rings. The fourth-order valence-corrected chi connectivity index (χ4v) is 3.49. The maximum atomic E-state index is 5.48. The Kier molecular flexibility index (Phi) is 5.34. The molecular weight excluding hydrogens is 282 g/mol. The number of ether oxygens (including phenoxy) is 1. The molecule has 1 saturated heterocycles. The Bertz CT molecular complexity index is 512. The topological polar surface area (TPSA) is 37.4 Å². The number of hydrogen-bond acceptors (Lipinski definition) is 5. The number of hydrogen-bond donors (Lipinski definition) is 1. The van der Waals surface area contributed by atoms with Crippen LogP contribution in [0.3, 0.4) is 0 Å². The molecule has 0 bridgehead atoms. The van der Waals surface area contributed by atoms with Crippen LogP contribution in [-0.4, -0.2) is 42.7 Å². The van der Waals surface area contributed by atoms with E-state index in [4.69, 9.17) is 4.74 Å². The number of morpholine rings is 1. The van der Waals surface area contributed by atoms with Gasteiger partial charge in [0.25, 0.3) is 0 Å². The van der Waals surface area contributed by atoms with Crippen molar-refractivity contribution in [3.8, 4) is 0 Å². The smallest absolute Gasteiger partial charge is 0.0594 e. The molecule has 2 aromatic heterocycles. The lowest BCUT2D eigenvalue weighted by Crippen LogP contribution is -2.42. The van der Waals surface area contributed by atoms with E-state index in [0.29, 0.717) is 6.04 Å². The third kappa shape index (κ3) is 4.11. The molecule has 0 unspecified atom stereocenters. The molecule has 0 radical (unpaired) electrons. The van der Waals surface area contributed by atoms with E-state index in [1.54, 1.807) is 0 Å². The number of thiophene rings is 1. The summed E-state index contributed by atoms with van der Waals surface area (Å²) in [6.07, 6.45) is 3.69. The van der Waals surface area contributed by atoms with Crippen LogP contribution in [0.5, 0.6) is 0 Å². The number of aromatic nitrogens is 1. The zero-order valence-corrected chi connectivity index (χ0v) is 12.9. The number of rotatable bonds is 6. The summed E-state index contributed by atoms with van der Waals surface area (Å²) in [4.78, 5) is 8.01. The van der Waals surface area contributed by atoms with Crippen LogP contribution in [0.15, 0.2) is 42.0 Å². The van der Waals surface area contributed by atoms with Gasteiger partial charge in [-0.15, -0.1) is 11.3 Å². The van der Waals surface area contributed by atoms with Crippen molar-refractivity contribution in [2.45, 2.75) is 12.6 Å². The fraction of sp³-hybridized carbons (Fsp3) is 0.438. The molecule has 5 heteroatoms. The van der Waals surface area contributed by atoms with Gasteiger partial charge < -0.3 is 10.1 Å². The van der Waals surface area contributed by atoms with Crippen molar-refractivity contribution in [3.63, 3.8) is 0 Å². The van der Waals surface area contributed by atoms with E-state index in [0.717, 1.165) is 39.4 Å². The second-order valence-electron chi connectivity index (χ2n) is 5.17. The van der Waals surface area contributed by atoms with Crippen molar-refractivity contribution in [1.29, 1.82) is 0 Å². The molecule has 2 aromatic rings. The first-order chi connectivity index (χ1) is 10.4. The van der Waals surface area contributed by atoms with Crippen LogP contribution < -0.4 is 5.32 Å². The summed E-state index contributed by atoms with van der Waals surface area (Å²) in [5, 5.41) is 5.74. The van der Waals surface area contributed by atoms with Gasteiger partial charge in [0.2, 0.25) is 0 Å². The van der Waals surface area contributed by atoms with Gasteiger partial charge in [-0.3, -0.25) is 9.88 Å². The first-order valence-corrected chi connectivity index (χ1v) is 8.26. The third-order valence-corrected chi connectivity index (χ3v) is 4.75. The molecule has 4 nitrogen and oxygen atoms in total. The van der Waals surface area contributed by atoms with Crippen molar-refractivity contribution < 1.29 is 4.74 Å². The van der Waals surface area contributed by atoms with Crippen LogP contribution in [0.4, 0.5) is 0 Å². The number of nitrogens with zero attached hydrogens (tertiary/aromatic N) is 2. The Balaban J connectivity index is 1.59. The second-order valence-corrected chi connectivity index (χ2v) is 6.15. The third-order valence-electron chi connectivity index (χ3n) is 3.77. The minimum atomic E-state index is 0.440. The van der Waals surface area contributed by atoms with E-state index in [2.05, 4.69) is 44.8 Å². The molecule has 1 fully saturated rings. The molecule has 21 heavy (non-hydrogen) atoms. The van der Waals surface area contributed by atoms with Gasteiger partial charge in [-0.05, 0) is 29.1 Å². The monoisotopic (exact) mass is 303 g/mol. The van der Waals surface area contributed by atoms with E-state index in [9.17, 15) is 0 Å². The van der Waals surface area contributed by atoms with Gasteiger partial charge in [0.15, 0.2) is 0 Å². The van der Waals surface area contributed by atoms with Gasteiger partial charge in [-0.2, -0.15) is 0 Å². The Hall–Kier alpha value is -1.27. The van der Waals surface area contributed by atoms with E-state index < -0.39 is 0 Å². The van der Waals surface area contributed by atoms with Gasteiger partial charge in [-0.25, -0.2) is 0 Å². The average Bonchev–Trinajstić information content (AvgIpc) is 3.07. The number of nitrogens with one attached hydrogen (secondary N) is 1. The maximum Gasteiger partial charge on any atom is 0.0594 e. The van der Waals surface area contributed by atoms with Crippen LogP contribution >= 0.6 is 11.3 Å². The van der Waals surface area contributed by atoms with Crippen LogP contribution in [0.25, 0.3) is 0 Å². The summed E-state index contributed by atoms with van der Waals surface area (Å²) in [5.74, 6) is 0. The molecule has 0 aliphatic carbocycles. The van der Waals surface area contributed by atoms with Gasteiger partial charge in [-0.1, -0.05) is 6.07 Å². The van der Waals surface area contributed by atoms with E-state index in [1.807, 2.05) is 23.7 Å². The van der Waals surface area contributed by atoms with Crippen LogP contribution in [0.1, 0.15) is 16.5 Å². The van der Waals surface area contributed by atoms with E-state index in [1.165, 1.54) is 10.4 Å². The normalized spacial score (nSPS) is 17.7. The predicted octanol–water partition coefficient (Wildman–Crippen LogP) is 2.31. The standard InChI is InChI=1S/C16H21N3OS/c1-2-16(21-11-1)15(19-7-9-20-10-8-19)13-18-12-14-3-5-17-6-4-14/h1-6,11,15,18H,7-10,12-13H2/t15-/m1/s1. The first kappa shape index (κ1) is 14.7. The molecule has 0 saturated carbocycles.